The fraction of sp³-hybridized carbons (Fsp3) is 0.438. The highest BCUT2D eigenvalue weighted by atomic mass is 35.5. The maximum absolute atomic E-state index is 6.37. The van der Waals surface area contributed by atoms with Crippen LogP contribution in [0.4, 0.5) is 0 Å². The molecule has 0 radical (unpaired) electrons. The number of hydrogen-bond donors (Lipinski definition) is 0. The van der Waals surface area contributed by atoms with Crippen molar-refractivity contribution in [2.24, 2.45) is 0 Å². The number of hydrogen-bond acceptors (Lipinski definition) is 1. The van der Waals surface area contributed by atoms with E-state index in [-0.39, 0.29) is 0 Å². The minimum Gasteiger partial charge on any atom is -0.253 e. The van der Waals surface area contributed by atoms with Crippen LogP contribution in [0.2, 0.25) is 5.15 Å². The number of aromatic nitrogens is 2. The van der Waals surface area contributed by atoms with Crippen molar-refractivity contribution in [1.82, 2.24) is 9.78 Å². The number of halogens is 2. The summed E-state index contributed by atoms with van der Waals surface area (Å²) in [4.78, 5) is 0. The van der Waals surface area contributed by atoms with Gasteiger partial charge < -0.3 is 0 Å². The summed E-state index contributed by atoms with van der Waals surface area (Å²) in [7, 11) is 0. The molecule has 0 fully saturated rings. The SMILES string of the molecule is CC(C)c1nn(CCCc2ccccc2)c(Cl)c1CCl. The van der Waals surface area contributed by atoms with Gasteiger partial charge in [0.15, 0.2) is 0 Å². The predicted molar refractivity (Wildman–Crippen MR) is 85.6 cm³/mol. The topological polar surface area (TPSA) is 17.8 Å². The second-order valence-corrected chi connectivity index (χ2v) is 5.88. The van der Waals surface area contributed by atoms with E-state index in [2.05, 4.69) is 43.2 Å². The van der Waals surface area contributed by atoms with Gasteiger partial charge in [-0.3, -0.25) is 4.68 Å². The van der Waals surface area contributed by atoms with Crippen LogP contribution in [0.15, 0.2) is 30.3 Å². The molecule has 1 aromatic carbocycles. The first-order valence-electron chi connectivity index (χ1n) is 6.98. The van der Waals surface area contributed by atoms with Gasteiger partial charge in [-0.25, -0.2) is 0 Å². The van der Waals surface area contributed by atoms with Gasteiger partial charge in [0.25, 0.3) is 0 Å². The van der Waals surface area contributed by atoms with Crippen LogP contribution in [0.3, 0.4) is 0 Å². The third-order valence-electron chi connectivity index (χ3n) is 3.37. The average molecular weight is 311 g/mol. The van der Waals surface area contributed by atoms with Crippen LogP contribution >= 0.6 is 23.2 Å². The van der Waals surface area contributed by atoms with Gasteiger partial charge in [-0.15, -0.1) is 11.6 Å². The molecule has 20 heavy (non-hydrogen) atoms. The number of aryl methyl sites for hydroxylation is 2. The maximum atomic E-state index is 6.37. The van der Waals surface area contributed by atoms with E-state index >= 15 is 0 Å². The highest BCUT2D eigenvalue weighted by Crippen LogP contribution is 2.27. The first kappa shape index (κ1) is 15.4. The Morgan fingerprint density at radius 2 is 1.90 bits per heavy atom. The number of benzene rings is 1. The molecule has 0 aliphatic rings. The Bertz CT molecular complexity index is 547. The zero-order valence-electron chi connectivity index (χ0n) is 11.9. The number of nitrogens with zero attached hydrogens (tertiary/aromatic N) is 2. The molecule has 0 atom stereocenters. The molecule has 1 heterocycles. The average Bonchev–Trinajstić information content (AvgIpc) is 2.77. The zero-order chi connectivity index (χ0) is 14.5. The van der Waals surface area contributed by atoms with E-state index in [0.29, 0.717) is 17.0 Å². The molecule has 4 heteroatoms. The van der Waals surface area contributed by atoms with Crippen LogP contribution in [0.1, 0.15) is 43.0 Å². The largest absolute Gasteiger partial charge is 0.253 e. The molecule has 0 aliphatic carbocycles. The van der Waals surface area contributed by atoms with Crippen molar-refractivity contribution in [1.29, 1.82) is 0 Å². The molecule has 0 spiro atoms. The van der Waals surface area contributed by atoms with Gasteiger partial charge in [0.2, 0.25) is 0 Å². The summed E-state index contributed by atoms with van der Waals surface area (Å²) in [6.07, 6.45) is 2.05. The summed E-state index contributed by atoms with van der Waals surface area (Å²) in [5.74, 6) is 0.766. The van der Waals surface area contributed by atoms with Crippen molar-refractivity contribution in [3.05, 3.63) is 52.3 Å². The summed E-state index contributed by atoms with van der Waals surface area (Å²) < 4.78 is 1.89. The number of alkyl halides is 1. The van der Waals surface area contributed by atoms with Gasteiger partial charge in [0, 0.05) is 12.1 Å². The van der Waals surface area contributed by atoms with E-state index in [9.17, 15) is 0 Å². The zero-order valence-corrected chi connectivity index (χ0v) is 13.5. The van der Waals surface area contributed by atoms with Crippen LogP contribution in [0.25, 0.3) is 0 Å². The standard InChI is InChI=1S/C16H20Cl2N2/c1-12(2)15-14(11-17)16(18)20(19-15)10-6-9-13-7-4-3-5-8-13/h3-5,7-8,12H,6,9-11H2,1-2H3. The third-order valence-corrected chi connectivity index (χ3v) is 4.06. The van der Waals surface area contributed by atoms with E-state index in [1.165, 1.54) is 5.56 Å². The fourth-order valence-electron chi connectivity index (χ4n) is 2.31. The monoisotopic (exact) mass is 310 g/mol. The maximum Gasteiger partial charge on any atom is 0.131 e. The second-order valence-electron chi connectivity index (χ2n) is 5.26. The predicted octanol–water partition coefficient (Wildman–Crippen LogP) is 5.03. The lowest BCUT2D eigenvalue weighted by Gasteiger charge is -2.04. The van der Waals surface area contributed by atoms with Gasteiger partial charge in [0.1, 0.15) is 5.15 Å². The Kier molecular flexibility index (Phi) is 5.50. The van der Waals surface area contributed by atoms with Crippen LogP contribution in [-0.2, 0) is 18.8 Å². The van der Waals surface area contributed by atoms with Crippen LogP contribution < -0.4 is 0 Å². The third kappa shape index (κ3) is 3.56. The molecule has 2 nitrogen and oxygen atoms in total. The first-order chi connectivity index (χ1) is 9.63. The summed E-state index contributed by atoms with van der Waals surface area (Å²) in [6.45, 7) is 5.05. The Balaban J connectivity index is 2.03. The van der Waals surface area contributed by atoms with Crippen molar-refractivity contribution in [2.75, 3.05) is 0 Å². The Morgan fingerprint density at radius 1 is 1.20 bits per heavy atom. The normalized spacial score (nSPS) is 11.2. The molecule has 2 aromatic rings. The van der Waals surface area contributed by atoms with Gasteiger partial charge in [-0.05, 0) is 24.3 Å². The highest BCUT2D eigenvalue weighted by molar-refractivity contribution is 6.31. The van der Waals surface area contributed by atoms with Crippen molar-refractivity contribution in [2.45, 2.75) is 45.0 Å². The molecular formula is C16H20Cl2N2. The minimum absolute atomic E-state index is 0.344. The lowest BCUT2D eigenvalue weighted by Crippen LogP contribution is -2.03. The molecule has 2 rings (SSSR count). The van der Waals surface area contributed by atoms with Crippen LogP contribution in [0.5, 0.6) is 0 Å². The van der Waals surface area contributed by atoms with E-state index in [1.54, 1.807) is 0 Å². The summed E-state index contributed by atoms with van der Waals surface area (Å²) in [6, 6.07) is 10.5. The van der Waals surface area contributed by atoms with Crippen LogP contribution in [0, 0.1) is 0 Å². The molecule has 0 amide bonds. The Labute approximate surface area is 130 Å². The van der Waals surface area contributed by atoms with E-state index in [0.717, 1.165) is 30.6 Å². The first-order valence-corrected chi connectivity index (χ1v) is 7.89. The smallest absolute Gasteiger partial charge is 0.131 e. The molecule has 1 aromatic heterocycles. The van der Waals surface area contributed by atoms with Gasteiger partial charge in [-0.2, -0.15) is 5.10 Å². The van der Waals surface area contributed by atoms with E-state index in [4.69, 9.17) is 23.2 Å². The molecule has 0 saturated carbocycles. The molecule has 0 bridgehead atoms. The van der Waals surface area contributed by atoms with Gasteiger partial charge in [-0.1, -0.05) is 55.8 Å². The Morgan fingerprint density at radius 3 is 2.45 bits per heavy atom. The second kappa shape index (κ2) is 7.14. The molecule has 0 aliphatic heterocycles. The van der Waals surface area contributed by atoms with E-state index < -0.39 is 0 Å². The van der Waals surface area contributed by atoms with Gasteiger partial charge in [0.05, 0.1) is 11.6 Å². The van der Waals surface area contributed by atoms with Crippen molar-refractivity contribution in [3.63, 3.8) is 0 Å². The molecule has 0 saturated heterocycles. The number of rotatable bonds is 6. The highest BCUT2D eigenvalue weighted by Gasteiger charge is 2.17. The molecule has 0 unspecified atom stereocenters. The molecular weight excluding hydrogens is 291 g/mol. The van der Waals surface area contributed by atoms with Crippen molar-refractivity contribution < 1.29 is 0 Å². The molecule has 0 N–H and O–H groups in total. The summed E-state index contributed by atoms with van der Waals surface area (Å²) in [5, 5.41) is 5.30. The van der Waals surface area contributed by atoms with Crippen LogP contribution in [-0.4, -0.2) is 9.78 Å². The lowest BCUT2D eigenvalue weighted by molar-refractivity contribution is 0.568. The van der Waals surface area contributed by atoms with E-state index in [1.807, 2.05) is 10.7 Å². The van der Waals surface area contributed by atoms with Crippen molar-refractivity contribution >= 4 is 23.2 Å². The molecule has 108 valence electrons. The quantitative estimate of drug-likeness (QED) is 0.684. The van der Waals surface area contributed by atoms with Crippen molar-refractivity contribution in [3.8, 4) is 0 Å². The summed E-state index contributed by atoms with van der Waals surface area (Å²) in [5.41, 5.74) is 3.34. The minimum atomic E-state index is 0.344. The fourth-order valence-corrected chi connectivity index (χ4v) is 2.93. The van der Waals surface area contributed by atoms with Gasteiger partial charge >= 0.3 is 0 Å². The summed E-state index contributed by atoms with van der Waals surface area (Å²) >= 11 is 12.4. The lowest BCUT2D eigenvalue weighted by atomic mass is 10.1. The Hall–Kier alpha value is -0.990.